The number of nitrogens with zero attached hydrogens (tertiary/aromatic N) is 2. The zero-order chi connectivity index (χ0) is 15.1. The molecule has 1 rings (SSSR count). The van der Waals surface area contributed by atoms with Gasteiger partial charge < -0.3 is 4.90 Å². The molecule has 0 aromatic heterocycles. The molecule has 3 amide bonds. The van der Waals surface area contributed by atoms with Crippen LogP contribution in [0.1, 0.15) is 59.3 Å². The normalized spacial score (nSPS) is 16.6. The summed E-state index contributed by atoms with van der Waals surface area (Å²) in [5, 5.41) is 0. The van der Waals surface area contributed by atoms with Gasteiger partial charge in [0.05, 0.1) is 0 Å². The fourth-order valence-corrected chi connectivity index (χ4v) is 2.36. The van der Waals surface area contributed by atoms with Gasteiger partial charge in [-0.3, -0.25) is 19.3 Å². The second kappa shape index (κ2) is 8.02. The number of hydrogen-bond acceptors (Lipinski definition) is 3. The van der Waals surface area contributed by atoms with E-state index in [2.05, 4.69) is 13.8 Å². The van der Waals surface area contributed by atoms with E-state index in [4.69, 9.17) is 0 Å². The van der Waals surface area contributed by atoms with Crippen LogP contribution in [-0.2, 0) is 14.4 Å². The predicted octanol–water partition coefficient (Wildman–Crippen LogP) is 1.95. The third kappa shape index (κ3) is 4.32. The minimum Gasteiger partial charge on any atom is -0.340 e. The van der Waals surface area contributed by atoms with Crippen LogP contribution in [0.4, 0.5) is 0 Å². The van der Waals surface area contributed by atoms with Gasteiger partial charge in [0.25, 0.3) is 0 Å². The second-order valence-corrected chi connectivity index (χ2v) is 5.39. The van der Waals surface area contributed by atoms with Crippen molar-refractivity contribution in [2.45, 2.75) is 65.3 Å². The molecule has 1 saturated heterocycles. The van der Waals surface area contributed by atoms with Gasteiger partial charge in [-0.15, -0.1) is 0 Å². The molecule has 0 radical (unpaired) electrons. The van der Waals surface area contributed by atoms with Gasteiger partial charge in [0, 0.05) is 38.4 Å². The molecule has 0 aromatic carbocycles. The van der Waals surface area contributed by atoms with Gasteiger partial charge in [-0.2, -0.15) is 0 Å². The molecule has 1 unspecified atom stereocenters. The summed E-state index contributed by atoms with van der Waals surface area (Å²) in [6.45, 7) is 7.19. The average molecular weight is 282 g/mol. The fourth-order valence-electron chi connectivity index (χ4n) is 2.36. The highest BCUT2D eigenvalue weighted by atomic mass is 16.2. The average Bonchev–Trinajstić information content (AvgIpc) is 2.75. The second-order valence-electron chi connectivity index (χ2n) is 5.39. The van der Waals surface area contributed by atoms with Crippen molar-refractivity contribution in [1.29, 1.82) is 0 Å². The van der Waals surface area contributed by atoms with Crippen LogP contribution in [0.5, 0.6) is 0 Å². The number of amides is 3. The van der Waals surface area contributed by atoms with Crippen LogP contribution in [0.2, 0.25) is 0 Å². The molecule has 114 valence electrons. The molecule has 1 heterocycles. The maximum atomic E-state index is 12.3. The largest absolute Gasteiger partial charge is 0.340 e. The summed E-state index contributed by atoms with van der Waals surface area (Å²) < 4.78 is 0. The molecule has 0 spiro atoms. The van der Waals surface area contributed by atoms with Crippen molar-refractivity contribution < 1.29 is 14.4 Å². The first-order valence-corrected chi connectivity index (χ1v) is 7.63. The van der Waals surface area contributed by atoms with E-state index in [1.807, 2.05) is 11.8 Å². The molecule has 1 aliphatic heterocycles. The van der Waals surface area contributed by atoms with Crippen LogP contribution in [0.15, 0.2) is 0 Å². The fraction of sp³-hybridized carbons (Fsp3) is 0.800. The first-order valence-electron chi connectivity index (χ1n) is 7.63. The Hall–Kier alpha value is -1.39. The number of hydrogen-bond donors (Lipinski definition) is 0. The lowest BCUT2D eigenvalue weighted by atomic mass is 10.1. The number of carbonyl (C=O) groups is 3. The maximum absolute atomic E-state index is 12.3. The van der Waals surface area contributed by atoms with E-state index in [1.165, 1.54) is 4.90 Å². The molecule has 20 heavy (non-hydrogen) atoms. The van der Waals surface area contributed by atoms with E-state index >= 15 is 0 Å². The minimum absolute atomic E-state index is 0.0419. The van der Waals surface area contributed by atoms with Crippen molar-refractivity contribution in [3.05, 3.63) is 0 Å². The van der Waals surface area contributed by atoms with Gasteiger partial charge in [-0.25, -0.2) is 0 Å². The Bertz CT molecular complexity index is 352. The molecular weight excluding hydrogens is 256 g/mol. The summed E-state index contributed by atoms with van der Waals surface area (Å²) >= 11 is 0. The number of rotatable bonds is 8. The third-order valence-corrected chi connectivity index (χ3v) is 3.90. The Morgan fingerprint density at radius 2 is 1.85 bits per heavy atom. The van der Waals surface area contributed by atoms with Gasteiger partial charge in [0.2, 0.25) is 17.7 Å². The Morgan fingerprint density at radius 1 is 1.25 bits per heavy atom. The summed E-state index contributed by atoms with van der Waals surface area (Å²) in [7, 11) is 0. The van der Waals surface area contributed by atoms with Gasteiger partial charge >= 0.3 is 0 Å². The van der Waals surface area contributed by atoms with E-state index in [9.17, 15) is 14.4 Å². The van der Waals surface area contributed by atoms with Crippen LogP contribution < -0.4 is 0 Å². The highest BCUT2D eigenvalue weighted by molar-refractivity contribution is 6.02. The Kier molecular flexibility index (Phi) is 6.68. The minimum atomic E-state index is -0.147. The molecule has 0 bridgehead atoms. The Balaban J connectivity index is 2.52. The van der Waals surface area contributed by atoms with Gasteiger partial charge in [0.15, 0.2) is 0 Å². The van der Waals surface area contributed by atoms with E-state index in [0.717, 1.165) is 25.8 Å². The summed E-state index contributed by atoms with van der Waals surface area (Å²) in [5.41, 5.74) is 0. The molecule has 5 heteroatoms. The maximum Gasteiger partial charge on any atom is 0.229 e. The van der Waals surface area contributed by atoms with E-state index in [1.54, 1.807) is 0 Å². The van der Waals surface area contributed by atoms with Gasteiger partial charge in [0.1, 0.15) is 0 Å². The number of likely N-dealkylation sites (tertiary alicyclic amines) is 1. The summed E-state index contributed by atoms with van der Waals surface area (Å²) in [6.07, 6.45) is 3.76. The van der Waals surface area contributed by atoms with Crippen molar-refractivity contribution in [2.24, 2.45) is 0 Å². The lowest BCUT2D eigenvalue weighted by molar-refractivity contribution is -0.139. The summed E-state index contributed by atoms with van der Waals surface area (Å²) in [5.74, 6) is -0.252. The molecule has 5 nitrogen and oxygen atoms in total. The molecular formula is C15H26N2O3. The third-order valence-electron chi connectivity index (χ3n) is 3.90. The molecule has 0 aromatic rings. The Labute approximate surface area is 121 Å². The van der Waals surface area contributed by atoms with Gasteiger partial charge in [-0.1, -0.05) is 20.3 Å². The van der Waals surface area contributed by atoms with Crippen molar-refractivity contribution in [1.82, 2.24) is 9.80 Å². The SMILES string of the molecule is CCCCN(C(=O)CCN1C(=O)CCC1=O)C(C)CC. The number of unbranched alkanes of at least 4 members (excludes halogenated alkanes) is 1. The first-order chi connectivity index (χ1) is 9.51. The Morgan fingerprint density at radius 3 is 2.35 bits per heavy atom. The number of imide groups is 1. The van der Waals surface area contributed by atoms with Crippen molar-refractivity contribution >= 4 is 17.7 Å². The van der Waals surface area contributed by atoms with Crippen LogP contribution in [0, 0.1) is 0 Å². The van der Waals surface area contributed by atoms with Crippen molar-refractivity contribution in [3.63, 3.8) is 0 Å². The zero-order valence-electron chi connectivity index (χ0n) is 12.9. The van der Waals surface area contributed by atoms with Crippen LogP contribution >= 0.6 is 0 Å². The standard InChI is InChI=1S/C15H26N2O3/c1-4-6-10-16(12(3)5-2)15(20)9-11-17-13(18)7-8-14(17)19/h12H,4-11H2,1-3H3. The van der Waals surface area contributed by atoms with Crippen molar-refractivity contribution in [3.8, 4) is 0 Å². The molecule has 1 atom stereocenters. The molecule has 0 saturated carbocycles. The van der Waals surface area contributed by atoms with E-state index < -0.39 is 0 Å². The summed E-state index contributed by atoms with van der Waals surface area (Å²) in [4.78, 5) is 38.4. The smallest absolute Gasteiger partial charge is 0.229 e. The molecule has 1 fully saturated rings. The topological polar surface area (TPSA) is 57.7 Å². The zero-order valence-corrected chi connectivity index (χ0v) is 12.9. The van der Waals surface area contributed by atoms with Crippen LogP contribution in [0.25, 0.3) is 0 Å². The van der Waals surface area contributed by atoms with Crippen LogP contribution in [0.3, 0.4) is 0 Å². The molecule has 1 aliphatic rings. The lowest BCUT2D eigenvalue weighted by Crippen LogP contribution is -2.41. The monoisotopic (exact) mass is 282 g/mol. The predicted molar refractivity (Wildman–Crippen MR) is 76.9 cm³/mol. The highest BCUT2D eigenvalue weighted by Gasteiger charge is 2.29. The van der Waals surface area contributed by atoms with Gasteiger partial charge in [-0.05, 0) is 19.8 Å². The molecule has 0 aliphatic carbocycles. The highest BCUT2D eigenvalue weighted by Crippen LogP contribution is 2.14. The number of carbonyl (C=O) groups excluding carboxylic acids is 3. The van der Waals surface area contributed by atoms with E-state index in [-0.39, 0.29) is 49.6 Å². The quantitative estimate of drug-likeness (QED) is 0.639. The van der Waals surface area contributed by atoms with Crippen molar-refractivity contribution in [2.75, 3.05) is 13.1 Å². The van der Waals surface area contributed by atoms with E-state index in [0.29, 0.717) is 0 Å². The molecule has 0 N–H and O–H groups in total. The lowest BCUT2D eigenvalue weighted by Gasteiger charge is -2.29. The first kappa shape index (κ1) is 16.7. The summed E-state index contributed by atoms with van der Waals surface area (Å²) in [6, 6.07) is 0.207. The van der Waals surface area contributed by atoms with Crippen LogP contribution in [-0.4, -0.2) is 46.7 Å².